The van der Waals surface area contributed by atoms with E-state index in [-0.39, 0.29) is 42.4 Å². The lowest BCUT2D eigenvalue weighted by Gasteiger charge is -2.35. The van der Waals surface area contributed by atoms with Crippen LogP contribution in [0.1, 0.15) is 42.5 Å². The number of carbonyl (C=O) groups excluding carboxylic acids is 2. The second kappa shape index (κ2) is 11.7. The number of hydrogen-bond donors (Lipinski definition) is 2. The highest BCUT2D eigenvalue weighted by Crippen LogP contribution is 2.33. The molecular formula is C26H32F2N6O4. The Bertz CT molecular complexity index is 1310. The van der Waals surface area contributed by atoms with Gasteiger partial charge in [-0.25, -0.2) is 18.6 Å². The Hall–Kier alpha value is -3.83. The highest BCUT2D eigenvalue weighted by Gasteiger charge is 2.31. The topological polar surface area (TPSA) is 120 Å². The number of amides is 2. The standard InChI is InChI=1S/C26H32F2N6O4/c1-2-9-26(27,28)18-7-10-29-21(16-18)32-12-14-33(15-13-32)23(36)17-30-22(35)8-11-34-20-6-4-3-5-19(20)24(37)31-25(34)38/h2,7,10,16H,1,3-6,8-9,11-15,17H2,(H,30,35)(H,31,37,38). The second-order valence-corrected chi connectivity index (χ2v) is 9.54. The monoisotopic (exact) mass is 530 g/mol. The lowest BCUT2D eigenvalue weighted by molar-refractivity contribution is -0.133. The maximum Gasteiger partial charge on any atom is 0.328 e. The van der Waals surface area contributed by atoms with Gasteiger partial charge in [0.15, 0.2) is 0 Å². The number of allylic oxidation sites excluding steroid dienone is 1. The van der Waals surface area contributed by atoms with Crippen LogP contribution in [0.4, 0.5) is 14.6 Å². The van der Waals surface area contributed by atoms with Crippen molar-refractivity contribution in [1.82, 2.24) is 24.8 Å². The van der Waals surface area contributed by atoms with Crippen LogP contribution in [0.25, 0.3) is 0 Å². The molecule has 4 rings (SSSR count). The summed E-state index contributed by atoms with van der Waals surface area (Å²) in [6.07, 6.45) is 5.07. The molecule has 2 N–H and O–H groups in total. The van der Waals surface area contributed by atoms with Gasteiger partial charge in [-0.15, -0.1) is 6.58 Å². The third-order valence-corrected chi connectivity index (χ3v) is 7.03. The SMILES string of the molecule is C=CCC(F)(F)c1ccnc(N2CCN(C(=O)CNC(=O)CCn3c4c(c(=O)[nH]c3=O)CCCC4)CC2)c1. The number of aromatic nitrogens is 3. The minimum atomic E-state index is -3.03. The average Bonchev–Trinajstić information content (AvgIpc) is 2.92. The number of halogens is 2. The molecule has 0 saturated carbocycles. The number of alkyl halides is 2. The number of nitrogens with one attached hydrogen (secondary N) is 2. The van der Waals surface area contributed by atoms with Crippen LogP contribution in [0.15, 0.2) is 40.6 Å². The number of hydrogen-bond acceptors (Lipinski definition) is 6. The van der Waals surface area contributed by atoms with Gasteiger partial charge < -0.3 is 15.1 Å². The molecule has 0 aromatic carbocycles. The van der Waals surface area contributed by atoms with Crippen molar-refractivity contribution in [2.45, 2.75) is 51.0 Å². The Kier molecular flexibility index (Phi) is 8.38. The van der Waals surface area contributed by atoms with Crippen LogP contribution >= 0.6 is 0 Å². The van der Waals surface area contributed by atoms with Crippen molar-refractivity contribution in [3.05, 3.63) is 68.6 Å². The Morgan fingerprint density at radius 2 is 1.89 bits per heavy atom. The summed E-state index contributed by atoms with van der Waals surface area (Å²) in [6.45, 7) is 4.89. The zero-order valence-corrected chi connectivity index (χ0v) is 21.2. The van der Waals surface area contributed by atoms with E-state index in [4.69, 9.17) is 0 Å². The van der Waals surface area contributed by atoms with E-state index in [9.17, 15) is 28.0 Å². The Balaban J connectivity index is 1.26. The Morgan fingerprint density at radius 3 is 2.63 bits per heavy atom. The van der Waals surface area contributed by atoms with Gasteiger partial charge >= 0.3 is 5.69 Å². The summed E-state index contributed by atoms with van der Waals surface area (Å²) < 4.78 is 29.9. The molecule has 0 radical (unpaired) electrons. The van der Waals surface area contributed by atoms with Crippen LogP contribution in [-0.2, 0) is 34.9 Å². The number of aromatic amines is 1. The van der Waals surface area contributed by atoms with Crippen molar-refractivity contribution >= 4 is 17.6 Å². The predicted octanol–water partition coefficient (Wildman–Crippen LogP) is 1.33. The molecule has 0 unspecified atom stereocenters. The third kappa shape index (κ3) is 6.17. The quantitative estimate of drug-likeness (QED) is 0.472. The highest BCUT2D eigenvalue weighted by molar-refractivity contribution is 5.84. The molecule has 1 aliphatic carbocycles. The number of rotatable bonds is 9. The van der Waals surface area contributed by atoms with Crippen LogP contribution in [0.3, 0.4) is 0 Å². The summed E-state index contributed by atoms with van der Waals surface area (Å²) in [6, 6.07) is 2.66. The number of H-pyrrole nitrogens is 1. The molecule has 204 valence electrons. The molecule has 0 atom stereocenters. The number of nitrogens with zero attached hydrogens (tertiary/aromatic N) is 4. The first-order valence-electron chi connectivity index (χ1n) is 12.8. The van der Waals surface area contributed by atoms with Gasteiger partial charge in [-0.2, -0.15) is 0 Å². The van der Waals surface area contributed by atoms with Crippen molar-refractivity contribution in [3.8, 4) is 0 Å². The maximum absolute atomic E-state index is 14.2. The number of fused-ring (bicyclic) bond motifs is 1. The van der Waals surface area contributed by atoms with Crippen LogP contribution in [0, 0.1) is 0 Å². The van der Waals surface area contributed by atoms with Gasteiger partial charge in [-0.3, -0.25) is 23.9 Å². The first-order valence-corrected chi connectivity index (χ1v) is 12.8. The second-order valence-electron chi connectivity index (χ2n) is 9.54. The molecule has 1 fully saturated rings. The maximum atomic E-state index is 14.2. The van der Waals surface area contributed by atoms with E-state index in [1.54, 1.807) is 4.90 Å². The molecule has 0 bridgehead atoms. The first kappa shape index (κ1) is 27.2. The van der Waals surface area contributed by atoms with E-state index < -0.39 is 18.0 Å². The highest BCUT2D eigenvalue weighted by atomic mass is 19.3. The summed E-state index contributed by atoms with van der Waals surface area (Å²) in [5.41, 5.74) is 0.287. The predicted molar refractivity (Wildman–Crippen MR) is 137 cm³/mol. The van der Waals surface area contributed by atoms with Crippen molar-refractivity contribution in [3.63, 3.8) is 0 Å². The Morgan fingerprint density at radius 1 is 1.16 bits per heavy atom. The molecule has 2 aliphatic rings. The van der Waals surface area contributed by atoms with E-state index in [0.717, 1.165) is 12.8 Å². The number of piperazine rings is 1. The summed E-state index contributed by atoms with van der Waals surface area (Å²) >= 11 is 0. The van der Waals surface area contributed by atoms with Gasteiger partial charge in [0.05, 0.1) is 6.54 Å². The smallest absolute Gasteiger partial charge is 0.328 e. The van der Waals surface area contributed by atoms with Crippen molar-refractivity contribution in [2.75, 3.05) is 37.6 Å². The summed E-state index contributed by atoms with van der Waals surface area (Å²) in [4.78, 5) is 59.4. The van der Waals surface area contributed by atoms with Gasteiger partial charge in [0.25, 0.3) is 11.5 Å². The van der Waals surface area contributed by atoms with Crippen LogP contribution in [0.2, 0.25) is 0 Å². The van der Waals surface area contributed by atoms with E-state index >= 15 is 0 Å². The lowest BCUT2D eigenvalue weighted by atomic mass is 9.97. The van der Waals surface area contributed by atoms with Crippen molar-refractivity contribution in [2.24, 2.45) is 0 Å². The average molecular weight is 531 g/mol. The zero-order valence-electron chi connectivity index (χ0n) is 21.2. The fourth-order valence-corrected chi connectivity index (χ4v) is 4.92. The van der Waals surface area contributed by atoms with E-state index in [0.29, 0.717) is 56.1 Å². The van der Waals surface area contributed by atoms with Crippen LogP contribution in [0.5, 0.6) is 0 Å². The molecule has 0 spiro atoms. The summed E-state index contributed by atoms with van der Waals surface area (Å²) in [5, 5.41) is 2.61. The minimum Gasteiger partial charge on any atom is -0.353 e. The minimum absolute atomic E-state index is 0.00204. The number of anilines is 1. The zero-order chi connectivity index (χ0) is 27.3. The molecule has 1 saturated heterocycles. The molecule has 10 nitrogen and oxygen atoms in total. The van der Waals surface area contributed by atoms with Crippen molar-refractivity contribution in [1.29, 1.82) is 0 Å². The number of pyridine rings is 1. The summed E-state index contributed by atoms with van der Waals surface area (Å²) in [5.74, 6) is -3.23. The summed E-state index contributed by atoms with van der Waals surface area (Å²) in [7, 11) is 0. The normalized spacial score (nSPS) is 15.6. The van der Waals surface area contributed by atoms with Gasteiger partial charge in [0.2, 0.25) is 11.8 Å². The molecule has 2 aromatic rings. The third-order valence-electron chi connectivity index (χ3n) is 7.03. The van der Waals surface area contributed by atoms with Crippen molar-refractivity contribution < 1.29 is 18.4 Å². The van der Waals surface area contributed by atoms with Gasteiger partial charge in [0.1, 0.15) is 5.82 Å². The molecule has 3 heterocycles. The lowest BCUT2D eigenvalue weighted by Crippen LogP contribution is -2.51. The van der Waals surface area contributed by atoms with Crippen LogP contribution < -0.4 is 21.5 Å². The molecule has 12 heteroatoms. The largest absolute Gasteiger partial charge is 0.353 e. The molecule has 1 aliphatic heterocycles. The van der Waals surface area contributed by atoms with E-state index in [1.807, 2.05) is 4.90 Å². The molecular weight excluding hydrogens is 498 g/mol. The number of carbonyl (C=O) groups is 2. The van der Waals surface area contributed by atoms with Gasteiger partial charge in [0, 0.05) is 68.6 Å². The molecule has 2 amide bonds. The van der Waals surface area contributed by atoms with Gasteiger partial charge in [-0.1, -0.05) is 6.08 Å². The first-order chi connectivity index (χ1) is 18.2. The van der Waals surface area contributed by atoms with E-state index in [2.05, 4.69) is 21.9 Å². The fourth-order valence-electron chi connectivity index (χ4n) is 4.92. The molecule has 2 aromatic heterocycles. The fraction of sp³-hybridized carbons (Fsp3) is 0.500. The van der Waals surface area contributed by atoms with E-state index in [1.165, 1.54) is 29.0 Å². The van der Waals surface area contributed by atoms with Gasteiger partial charge in [-0.05, 0) is 37.8 Å². The Labute approximate surface area is 218 Å². The van der Waals surface area contributed by atoms with Crippen LogP contribution in [-0.4, -0.2) is 64.0 Å². The molecule has 38 heavy (non-hydrogen) atoms.